The maximum atomic E-state index is 12.0. The molecular weight excluding hydrogens is 479 g/mol. The van der Waals surface area contributed by atoms with Crippen molar-refractivity contribution < 1.29 is 129 Å². The average Bonchev–Trinajstić information content (AvgIpc) is 2.64. The average molecular weight is 493 g/mol. The van der Waals surface area contributed by atoms with Crippen molar-refractivity contribution in [1.82, 2.24) is 0 Å². The second kappa shape index (κ2) is 9.94. The molecule has 6 nitrogen and oxygen atoms in total. The van der Waals surface area contributed by atoms with Crippen molar-refractivity contribution in [2.75, 3.05) is 0 Å². The van der Waals surface area contributed by atoms with Gasteiger partial charge in [-0.1, -0.05) is 72.8 Å². The van der Waals surface area contributed by atoms with E-state index in [2.05, 4.69) is 0 Å². The Labute approximate surface area is 260 Å². The van der Waals surface area contributed by atoms with Crippen LogP contribution >= 0.6 is 0 Å². The van der Waals surface area contributed by atoms with E-state index in [-0.39, 0.29) is 114 Å². The van der Waals surface area contributed by atoms with E-state index in [9.17, 15) is 25.9 Å². The fourth-order valence-corrected chi connectivity index (χ4v) is 6.31. The van der Waals surface area contributed by atoms with Gasteiger partial charge in [0.15, 0.2) is 4.08 Å². The Morgan fingerprint density at radius 2 is 1.30 bits per heavy atom. The van der Waals surface area contributed by atoms with Gasteiger partial charge < -0.3 is 9.11 Å². The molecule has 0 spiro atoms. The molecule has 0 fully saturated rings. The minimum Gasteiger partial charge on any atom is -0.746 e. The minimum atomic E-state index is -5.50. The van der Waals surface area contributed by atoms with E-state index in [1.165, 1.54) is 18.2 Å². The summed E-state index contributed by atoms with van der Waals surface area (Å²) in [6.45, 7) is 0. The Morgan fingerprint density at radius 1 is 0.733 bits per heavy atom. The maximum absolute atomic E-state index is 12.0. The number of rotatable bonds is 3. The topological polar surface area (TPSA) is 114 Å². The number of hydrogen-bond acceptors (Lipinski definition) is 6. The molecule has 0 unspecified atom stereocenters. The van der Waals surface area contributed by atoms with Crippen molar-refractivity contribution in [2.24, 2.45) is 0 Å². The van der Waals surface area contributed by atoms with Gasteiger partial charge in [0, 0.05) is 6.42 Å². The Bertz CT molecular complexity index is 1310. The molecule has 0 atom stereocenters. The second-order valence-electron chi connectivity index (χ2n) is 6.56. The van der Waals surface area contributed by atoms with Gasteiger partial charge in [-0.05, 0) is 33.0 Å². The van der Waals surface area contributed by atoms with Gasteiger partial charge in [0.05, 0.1) is 0 Å². The van der Waals surface area contributed by atoms with Gasteiger partial charge in [-0.3, -0.25) is 0 Å². The first-order valence-electron chi connectivity index (χ1n) is 8.36. The molecular formula is C20H14K2O6S2. The molecule has 10 heteroatoms. The maximum Gasteiger partial charge on any atom is 1.00 e. The van der Waals surface area contributed by atoms with E-state index in [1.807, 2.05) is 42.5 Å². The van der Waals surface area contributed by atoms with E-state index < -0.39 is 30.7 Å². The van der Waals surface area contributed by atoms with Crippen molar-refractivity contribution >= 4 is 37.1 Å². The van der Waals surface area contributed by atoms with E-state index in [0.29, 0.717) is 5.56 Å². The monoisotopic (exact) mass is 492 g/mol. The number of allylic oxidation sites excluding steroid dienone is 1. The summed E-state index contributed by atoms with van der Waals surface area (Å²) in [6.07, 6.45) is 2.10. The molecule has 0 heterocycles. The molecule has 0 aromatic heterocycles. The Hall–Kier alpha value is 0.753. The van der Waals surface area contributed by atoms with Crippen LogP contribution in [0.2, 0.25) is 0 Å². The van der Waals surface area contributed by atoms with E-state index >= 15 is 0 Å². The quantitative estimate of drug-likeness (QED) is 0.288. The molecule has 0 saturated heterocycles. The van der Waals surface area contributed by atoms with Gasteiger partial charge in [-0.2, -0.15) is 0 Å². The van der Waals surface area contributed by atoms with Gasteiger partial charge in [0.1, 0.15) is 20.2 Å². The molecule has 0 amide bonds. The molecule has 0 N–H and O–H groups in total. The standard InChI is InChI=1S/C20H16O6S2.2K/c21-27(22,23)20(28(24,25)26)13-5-11-18-17(10-4-12-19(18)20)16-9-3-7-14-6-1-2-8-15(14)16;;/h1-12H,13H2,(H,21,22,23)(H,24,25,26);;/q;2*+1/p-2. The van der Waals surface area contributed by atoms with Crippen LogP contribution in [-0.2, 0) is 24.3 Å². The molecule has 3 aromatic rings. The zero-order chi connectivity index (χ0) is 20.2. The van der Waals surface area contributed by atoms with Gasteiger partial charge in [-0.25, -0.2) is 16.8 Å². The first-order valence-corrected chi connectivity index (χ1v) is 11.2. The number of benzene rings is 3. The summed E-state index contributed by atoms with van der Waals surface area (Å²) in [7, 11) is -11.0. The van der Waals surface area contributed by atoms with Crippen LogP contribution in [-0.4, -0.2) is 25.9 Å². The van der Waals surface area contributed by atoms with Gasteiger partial charge in [0.2, 0.25) is 0 Å². The first-order chi connectivity index (χ1) is 13.2. The molecule has 0 radical (unpaired) electrons. The van der Waals surface area contributed by atoms with Crippen LogP contribution < -0.4 is 103 Å². The van der Waals surface area contributed by atoms with E-state index in [4.69, 9.17) is 0 Å². The first kappa shape index (κ1) is 27.0. The summed E-state index contributed by atoms with van der Waals surface area (Å²) in [6, 6.07) is 17.5. The summed E-state index contributed by atoms with van der Waals surface area (Å²) in [5, 5.41) is 1.81. The third-order valence-corrected chi connectivity index (χ3v) is 8.69. The van der Waals surface area contributed by atoms with Crippen LogP contribution in [0.5, 0.6) is 0 Å². The Balaban J connectivity index is 0.00000160. The van der Waals surface area contributed by atoms with Crippen molar-refractivity contribution in [1.29, 1.82) is 0 Å². The van der Waals surface area contributed by atoms with Gasteiger partial charge in [0.25, 0.3) is 0 Å². The van der Waals surface area contributed by atoms with Crippen molar-refractivity contribution in [3.05, 3.63) is 77.9 Å². The van der Waals surface area contributed by atoms with E-state index in [0.717, 1.165) is 16.3 Å². The van der Waals surface area contributed by atoms with Crippen LogP contribution in [0, 0.1) is 0 Å². The fourth-order valence-electron chi connectivity index (χ4n) is 3.81. The molecule has 4 rings (SSSR count). The third kappa shape index (κ3) is 4.42. The van der Waals surface area contributed by atoms with Crippen LogP contribution in [0.3, 0.4) is 0 Å². The predicted octanol–water partition coefficient (Wildman–Crippen LogP) is -2.83. The van der Waals surface area contributed by atoms with Crippen molar-refractivity contribution in [3.8, 4) is 11.1 Å². The number of hydrogen-bond donors (Lipinski definition) is 0. The Morgan fingerprint density at radius 3 is 1.97 bits per heavy atom. The van der Waals surface area contributed by atoms with E-state index in [1.54, 1.807) is 12.1 Å². The molecule has 144 valence electrons. The zero-order valence-corrected chi connectivity index (χ0v) is 24.3. The molecule has 1 aliphatic carbocycles. The summed E-state index contributed by atoms with van der Waals surface area (Å²) in [5.74, 6) is 0. The molecule has 0 bridgehead atoms. The van der Waals surface area contributed by atoms with Crippen LogP contribution in [0.25, 0.3) is 28.0 Å². The van der Waals surface area contributed by atoms with Crippen LogP contribution in [0.15, 0.2) is 66.7 Å². The molecule has 3 aromatic carbocycles. The third-order valence-electron chi connectivity index (χ3n) is 5.08. The molecule has 0 saturated carbocycles. The summed E-state index contributed by atoms with van der Waals surface area (Å²) < 4.78 is 69.0. The van der Waals surface area contributed by atoms with Gasteiger partial charge >= 0.3 is 103 Å². The van der Waals surface area contributed by atoms with Gasteiger partial charge in [-0.15, -0.1) is 0 Å². The molecule has 1 aliphatic rings. The molecule has 0 aliphatic heterocycles. The second-order valence-corrected chi connectivity index (χ2v) is 10.0. The number of fused-ring (bicyclic) bond motifs is 2. The zero-order valence-electron chi connectivity index (χ0n) is 16.4. The Kier molecular flexibility index (Phi) is 8.94. The van der Waals surface area contributed by atoms with Crippen LogP contribution in [0.4, 0.5) is 0 Å². The minimum absolute atomic E-state index is 0. The SMILES string of the molecule is O=S(=O)([O-])C1(S(=O)(=O)[O-])CC=Cc2c(-c3cccc4ccccc34)cccc21.[K+].[K+]. The summed E-state index contributed by atoms with van der Waals surface area (Å²) in [5.41, 5.74) is 1.22. The molecule has 30 heavy (non-hydrogen) atoms. The van der Waals surface area contributed by atoms with Crippen LogP contribution in [0.1, 0.15) is 17.5 Å². The van der Waals surface area contributed by atoms with Crippen molar-refractivity contribution in [2.45, 2.75) is 10.5 Å². The fraction of sp³-hybridized carbons (Fsp3) is 0.100. The normalized spacial score (nSPS) is 15.0. The predicted molar refractivity (Wildman–Crippen MR) is 104 cm³/mol. The smallest absolute Gasteiger partial charge is 0.746 e. The summed E-state index contributed by atoms with van der Waals surface area (Å²) >= 11 is 0. The summed E-state index contributed by atoms with van der Waals surface area (Å²) in [4.78, 5) is 0. The largest absolute Gasteiger partial charge is 1.00 e. The van der Waals surface area contributed by atoms with Crippen molar-refractivity contribution in [3.63, 3.8) is 0 Å².